The minimum atomic E-state index is -1.64. The van der Waals surface area contributed by atoms with Gasteiger partial charge in [0.2, 0.25) is 0 Å². The highest BCUT2D eigenvalue weighted by molar-refractivity contribution is 9.09. The van der Waals surface area contributed by atoms with E-state index >= 15 is 0 Å². The van der Waals surface area contributed by atoms with E-state index in [1.54, 1.807) is 0 Å². The lowest BCUT2D eigenvalue weighted by atomic mass is 10.1. The molecule has 3 heteroatoms. The molecule has 0 aliphatic rings. The Bertz CT molecular complexity index is 243. The summed E-state index contributed by atoms with van der Waals surface area (Å²) in [6.45, 7) is 13.8. The normalized spacial score (nSPS) is 15.3. The van der Waals surface area contributed by atoms with Crippen molar-refractivity contribution >= 4 is 24.2 Å². The SMILES string of the molecule is CCCCCC(/C=C\CBr)O[Si](C)(C)C(C)(C)C. The van der Waals surface area contributed by atoms with Crippen LogP contribution in [0.3, 0.4) is 0 Å². The van der Waals surface area contributed by atoms with Crippen molar-refractivity contribution in [3.63, 3.8) is 0 Å². The molecule has 0 radical (unpaired) electrons. The van der Waals surface area contributed by atoms with Gasteiger partial charge in [0.1, 0.15) is 0 Å². The van der Waals surface area contributed by atoms with Crippen molar-refractivity contribution in [3.05, 3.63) is 12.2 Å². The Labute approximate surface area is 124 Å². The third-order valence-electron chi connectivity index (χ3n) is 3.78. The summed E-state index contributed by atoms with van der Waals surface area (Å²) in [5.74, 6) is 0. The summed E-state index contributed by atoms with van der Waals surface area (Å²) in [5, 5.41) is 1.20. The van der Waals surface area contributed by atoms with Gasteiger partial charge < -0.3 is 4.43 Å². The van der Waals surface area contributed by atoms with Gasteiger partial charge in [-0.05, 0) is 24.6 Å². The van der Waals surface area contributed by atoms with Gasteiger partial charge in [-0.25, -0.2) is 0 Å². The fourth-order valence-corrected chi connectivity index (χ4v) is 3.07. The fourth-order valence-electron chi connectivity index (χ4n) is 1.55. The smallest absolute Gasteiger partial charge is 0.192 e. The summed E-state index contributed by atoms with van der Waals surface area (Å²) in [5.41, 5.74) is 0. The first-order chi connectivity index (χ1) is 8.24. The van der Waals surface area contributed by atoms with E-state index in [0.717, 1.165) is 11.8 Å². The Kier molecular flexibility index (Phi) is 8.73. The highest BCUT2D eigenvalue weighted by Crippen LogP contribution is 2.37. The number of halogens is 1. The number of hydrogen-bond acceptors (Lipinski definition) is 1. The van der Waals surface area contributed by atoms with Crippen LogP contribution in [0.5, 0.6) is 0 Å². The maximum Gasteiger partial charge on any atom is 0.192 e. The Morgan fingerprint density at radius 1 is 1.22 bits per heavy atom. The van der Waals surface area contributed by atoms with Gasteiger partial charge in [-0.15, -0.1) is 0 Å². The van der Waals surface area contributed by atoms with Crippen LogP contribution in [-0.2, 0) is 4.43 Å². The molecule has 0 rings (SSSR count). The Hall–Kier alpha value is 0.397. The van der Waals surface area contributed by atoms with Crippen LogP contribution in [0.2, 0.25) is 18.1 Å². The number of rotatable bonds is 8. The van der Waals surface area contributed by atoms with Crippen molar-refractivity contribution in [1.29, 1.82) is 0 Å². The van der Waals surface area contributed by atoms with Gasteiger partial charge in [-0.3, -0.25) is 0 Å². The van der Waals surface area contributed by atoms with Gasteiger partial charge in [-0.2, -0.15) is 0 Å². The zero-order valence-electron chi connectivity index (χ0n) is 13.1. The number of hydrogen-bond donors (Lipinski definition) is 0. The van der Waals surface area contributed by atoms with E-state index in [9.17, 15) is 0 Å². The van der Waals surface area contributed by atoms with Crippen LogP contribution in [0.15, 0.2) is 12.2 Å². The molecule has 1 nitrogen and oxygen atoms in total. The predicted octanol–water partition coefficient (Wildman–Crippen LogP) is 5.91. The van der Waals surface area contributed by atoms with Crippen LogP contribution >= 0.6 is 15.9 Å². The van der Waals surface area contributed by atoms with Crippen LogP contribution in [0.1, 0.15) is 53.4 Å². The van der Waals surface area contributed by atoms with Crippen LogP contribution in [-0.4, -0.2) is 19.8 Å². The molecule has 0 amide bonds. The van der Waals surface area contributed by atoms with Crippen LogP contribution in [0.25, 0.3) is 0 Å². The first-order valence-corrected chi connectivity index (χ1v) is 11.2. The number of alkyl halides is 1. The van der Waals surface area contributed by atoms with Crippen LogP contribution < -0.4 is 0 Å². The zero-order valence-corrected chi connectivity index (χ0v) is 15.6. The zero-order chi connectivity index (χ0) is 14.2. The standard InChI is InChI=1S/C15H31BrOSi/c1-7-8-9-11-14(12-10-13-16)17-18(5,6)15(2,3)4/h10,12,14H,7-9,11,13H2,1-6H3/b12-10-. The maximum absolute atomic E-state index is 6.48. The van der Waals surface area contributed by atoms with E-state index in [1.165, 1.54) is 19.3 Å². The van der Waals surface area contributed by atoms with Gasteiger partial charge in [-0.1, -0.05) is 75.0 Å². The van der Waals surface area contributed by atoms with Crippen molar-refractivity contribution in [3.8, 4) is 0 Å². The lowest BCUT2D eigenvalue weighted by Gasteiger charge is -2.38. The molecule has 0 bridgehead atoms. The summed E-state index contributed by atoms with van der Waals surface area (Å²) in [7, 11) is -1.64. The molecule has 1 atom stereocenters. The minimum Gasteiger partial charge on any atom is -0.411 e. The molecule has 0 aliphatic carbocycles. The van der Waals surface area contributed by atoms with Crippen molar-refractivity contribution in [1.82, 2.24) is 0 Å². The van der Waals surface area contributed by atoms with Crippen molar-refractivity contribution < 1.29 is 4.43 Å². The molecule has 0 saturated heterocycles. The van der Waals surface area contributed by atoms with Gasteiger partial charge in [0.15, 0.2) is 8.32 Å². The third-order valence-corrected chi connectivity index (χ3v) is 8.66. The van der Waals surface area contributed by atoms with Gasteiger partial charge >= 0.3 is 0 Å². The molecule has 18 heavy (non-hydrogen) atoms. The fraction of sp³-hybridized carbons (Fsp3) is 0.867. The lowest BCUT2D eigenvalue weighted by molar-refractivity contribution is 0.211. The van der Waals surface area contributed by atoms with E-state index < -0.39 is 8.32 Å². The second kappa shape index (κ2) is 8.54. The van der Waals surface area contributed by atoms with E-state index in [0.29, 0.717) is 6.10 Å². The van der Waals surface area contributed by atoms with Crippen LogP contribution in [0.4, 0.5) is 0 Å². The Morgan fingerprint density at radius 3 is 2.28 bits per heavy atom. The molecule has 0 aliphatic heterocycles. The lowest BCUT2D eigenvalue weighted by Crippen LogP contribution is -2.43. The molecule has 0 N–H and O–H groups in total. The van der Waals surface area contributed by atoms with Crippen molar-refractivity contribution in [2.75, 3.05) is 5.33 Å². The molecule has 0 aromatic carbocycles. The molecule has 1 unspecified atom stereocenters. The first-order valence-electron chi connectivity index (χ1n) is 7.15. The number of unbranched alkanes of at least 4 members (excludes halogenated alkanes) is 2. The molecule has 0 heterocycles. The second-order valence-corrected chi connectivity index (χ2v) is 11.9. The largest absolute Gasteiger partial charge is 0.411 e. The highest BCUT2D eigenvalue weighted by Gasteiger charge is 2.38. The first kappa shape index (κ1) is 18.4. The van der Waals surface area contributed by atoms with E-state index in [-0.39, 0.29) is 5.04 Å². The van der Waals surface area contributed by atoms with E-state index in [2.05, 4.69) is 68.9 Å². The molecule has 108 valence electrons. The molecular formula is C15H31BrOSi. The maximum atomic E-state index is 6.48. The van der Waals surface area contributed by atoms with Gasteiger partial charge in [0.25, 0.3) is 0 Å². The summed E-state index contributed by atoms with van der Waals surface area (Å²) in [6, 6.07) is 0. The van der Waals surface area contributed by atoms with Gasteiger partial charge in [0.05, 0.1) is 6.10 Å². The molecule has 0 spiro atoms. The number of allylic oxidation sites excluding steroid dienone is 1. The summed E-state index contributed by atoms with van der Waals surface area (Å²) >= 11 is 3.45. The topological polar surface area (TPSA) is 9.23 Å². The molecule has 0 aromatic rings. The second-order valence-electron chi connectivity index (χ2n) is 6.49. The molecule has 0 aromatic heterocycles. The molecule has 0 fully saturated rings. The van der Waals surface area contributed by atoms with E-state index in [1.807, 2.05) is 0 Å². The molecule has 0 saturated carbocycles. The predicted molar refractivity (Wildman–Crippen MR) is 89.1 cm³/mol. The monoisotopic (exact) mass is 334 g/mol. The summed E-state index contributed by atoms with van der Waals surface area (Å²) in [4.78, 5) is 0. The third kappa shape index (κ3) is 7.10. The summed E-state index contributed by atoms with van der Waals surface area (Å²) in [6.07, 6.45) is 9.71. The summed E-state index contributed by atoms with van der Waals surface area (Å²) < 4.78 is 6.48. The van der Waals surface area contributed by atoms with Crippen LogP contribution in [0, 0.1) is 0 Å². The average Bonchev–Trinajstić information content (AvgIpc) is 2.24. The van der Waals surface area contributed by atoms with Crippen molar-refractivity contribution in [2.45, 2.75) is 77.6 Å². The van der Waals surface area contributed by atoms with Gasteiger partial charge in [0, 0.05) is 5.33 Å². The quantitative estimate of drug-likeness (QED) is 0.232. The minimum absolute atomic E-state index is 0.290. The average molecular weight is 335 g/mol. The highest BCUT2D eigenvalue weighted by atomic mass is 79.9. The van der Waals surface area contributed by atoms with E-state index in [4.69, 9.17) is 4.43 Å². The Balaban J connectivity index is 4.52. The molecular weight excluding hydrogens is 304 g/mol. The van der Waals surface area contributed by atoms with Crippen molar-refractivity contribution in [2.24, 2.45) is 0 Å². The Morgan fingerprint density at radius 2 is 1.83 bits per heavy atom.